The van der Waals surface area contributed by atoms with Crippen molar-refractivity contribution < 1.29 is 40.7 Å². The van der Waals surface area contributed by atoms with Gasteiger partial charge in [-0.25, -0.2) is 0 Å². The predicted molar refractivity (Wildman–Crippen MR) is 291 cm³/mol. The minimum atomic E-state index is -1.64. The Bertz CT molecular complexity index is 5020. The molecule has 3 aliphatic heterocycles. The van der Waals surface area contributed by atoms with Crippen LogP contribution in [0.3, 0.4) is 0 Å². The molecule has 0 saturated heterocycles. The molecule has 0 saturated carbocycles. The van der Waals surface area contributed by atoms with E-state index in [0.717, 1.165) is 4.90 Å². The lowest BCUT2D eigenvalue weighted by atomic mass is 9.36. The Morgan fingerprint density at radius 2 is 1.21 bits per heavy atom. The van der Waals surface area contributed by atoms with E-state index in [1.54, 1.807) is 27.7 Å². The van der Waals surface area contributed by atoms with Crippen molar-refractivity contribution in [3.05, 3.63) is 190 Å². The molecular weight excluding hydrogens is 854 g/mol. The van der Waals surface area contributed by atoms with Gasteiger partial charge in [0.1, 0.15) is 17.2 Å². The fraction of sp³-hybridized carbons (Fsp3) is 0.250. The Labute approximate surface area is 444 Å². The van der Waals surface area contributed by atoms with Gasteiger partial charge in [-0.15, -0.1) is 0 Å². The van der Waals surface area contributed by atoms with Gasteiger partial charge < -0.3 is 23.5 Å². The van der Waals surface area contributed by atoms with Gasteiger partial charge in [-0.1, -0.05) is 158 Å². The highest BCUT2D eigenvalue weighted by Gasteiger charge is 2.52. The molecule has 2 aliphatic carbocycles. The van der Waals surface area contributed by atoms with Crippen LogP contribution in [0.15, 0.2) is 149 Å². The molecule has 0 N–H and O–H groups in total. The van der Waals surface area contributed by atoms with Gasteiger partial charge in [0.15, 0.2) is 5.75 Å². The summed E-state index contributed by atoms with van der Waals surface area (Å²) in [4.78, 5) is 2.51. The summed E-state index contributed by atoms with van der Waals surface area (Å²) in [6, 6.07) is -12.4. The second kappa shape index (κ2) is 13.8. The highest BCUT2D eigenvalue weighted by atomic mass is 16.5. The predicted octanol–water partition coefficient (Wildman–Crippen LogP) is 15.0. The number of furan rings is 1. The van der Waals surface area contributed by atoms with Crippen LogP contribution in [-0.4, -0.2) is 11.3 Å². The number of fused-ring (bicyclic) bond motifs is 13. The van der Waals surface area contributed by atoms with Gasteiger partial charge >= 0.3 is 6.71 Å². The van der Waals surface area contributed by atoms with Gasteiger partial charge in [0.2, 0.25) is 0 Å². The first-order valence-corrected chi connectivity index (χ1v) is 23.5. The lowest BCUT2D eigenvalue weighted by Crippen LogP contribution is -2.59. The molecule has 0 atom stereocenters. The van der Waals surface area contributed by atoms with Gasteiger partial charge in [0.05, 0.1) is 65.5 Å². The molecule has 5 heterocycles. The van der Waals surface area contributed by atoms with Crippen molar-refractivity contribution in [1.82, 2.24) is 4.57 Å². The lowest BCUT2D eigenvalue weighted by Gasteiger charge is -2.44. The van der Waals surface area contributed by atoms with Crippen molar-refractivity contribution in [2.24, 2.45) is 0 Å². The molecule has 14 rings (SSSR count). The molecule has 7 aromatic carbocycles. The normalized spacial score (nSPS) is 22.3. The number of para-hydroxylation sites is 4. The first-order valence-electron chi connectivity index (χ1n) is 35.0. The van der Waals surface area contributed by atoms with Crippen molar-refractivity contribution in [2.75, 3.05) is 9.80 Å². The van der Waals surface area contributed by atoms with E-state index >= 15 is 0 Å². The van der Waals surface area contributed by atoms with E-state index in [4.69, 9.17) is 18.7 Å². The summed E-state index contributed by atoms with van der Waals surface area (Å²) in [6.45, 7) is 16.0. The fourth-order valence-corrected chi connectivity index (χ4v) is 12.1. The molecule has 5 nitrogen and oxygen atoms in total. The van der Waals surface area contributed by atoms with E-state index < -0.39 is 173 Å². The monoisotopic (exact) mass is 935 g/mol. The van der Waals surface area contributed by atoms with Crippen LogP contribution in [0.1, 0.15) is 144 Å². The number of benzene rings is 7. The van der Waals surface area contributed by atoms with Crippen LogP contribution in [-0.2, 0) is 21.7 Å². The average molecular weight is 935 g/mol. The molecule has 0 fully saturated rings. The maximum Gasteiger partial charge on any atom is 0.301 e. The van der Waals surface area contributed by atoms with Gasteiger partial charge in [0, 0.05) is 61.3 Å². The Kier molecular flexibility index (Phi) is 4.84. The summed E-state index contributed by atoms with van der Waals surface area (Å²) >= 11 is 0. The smallest absolute Gasteiger partial charge is 0.301 e. The quantitative estimate of drug-likeness (QED) is 0.165. The Hall–Kier alpha value is -7.18. The van der Waals surface area contributed by atoms with Crippen LogP contribution in [0.2, 0.25) is 0 Å². The zero-order valence-electron chi connectivity index (χ0n) is 63.2. The number of hydrogen-bond acceptors (Lipinski definition) is 4. The molecule has 0 bridgehead atoms. The molecule has 0 spiro atoms. The topological polar surface area (TPSA) is 33.8 Å². The van der Waals surface area contributed by atoms with E-state index in [0.29, 0.717) is 24.2 Å². The van der Waals surface area contributed by atoms with Crippen molar-refractivity contribution in [3.8, 4) is 28.4 Å². The van der Waals surface area contributed by atoms with Crippen LogP contribution in [0.4, 0.5) is 34.1 Å². The maximum absolute atomic E-state index is 11.1. The van der Waals surface area contributed by atoms with Gasteiger partial charge in [-0.3, -0.25) is 0 Å². The third kappa shape index (κ3) is 5.29. The molecule has 0 amide bonds. The number of ether oxygens (including phenoxy) is 1. The van der Waals surface area contributed by atoms with Crippen molar-refractivity contribution in [1.29, 1.82) is 0 Å². The molecule has 6 heteroatoms. The molecule has 70 heavy (non-hydrogen) atoms. The molecular formula is C64H58BN3O2. The fourth-order valence-electron chi connectivity index (χ4n) is 12.1. The summed E-state index contributed by atoms with van der Waals surface area (Å²) < 4.78 is 236. The molecule has 344 valence electrons. The van der Waals surface area contributed by atoms with E-state index in [-0.39, 0.29) is 118 Å². The van der Waals surface area contributed by atoms with E-state index in [1.807, 2.05) is 27.7 Å². The largest absolute Gasteiger partial charge is 0.470 e. The zero-order chi connectivity index (χ0) is 68.0. The maximum atomic E-state index is 11.1. The average Bonchev–Trinajstić information content (AvgIpc) is 1.67. The van der Waals surface area contributed by atoms with E-state index in [2.05, 4.69) is 0 Å². The number of rotatable bonds is 3. The number of nitrogens with zero attached hydrogens (tertiary/aromatic N) is 3. The summed E-state index contributed by atoms with van der Waals surface area (Å²) in [5, 5.41) is -0.0808. The Balaban J connectivity index is 1.23. The number of aromatic nitrogens is 1. The summed E-state index contributed by atoms with van der Waals surface area (Å²) in [5.74, 6) is 0.305. The third-order valence-corrected chi connectivity index (χ3v) is 15.6. The molecule has 0 unspecified atom stereocenters. The SMILES string of the molecule is [2H]c1c(-n2c3c(c4c([2H])c([2H])c([2H])c([2H])c42)C(C)(C)c2c([2H])c([2H])c([2H])c([2H])c2-3)cc2c(c1[2H])B1c3oc4c(c3Oc3c([2H])c(N5c6c([2H])c([2H])c([2H])c([2H])c6C(C)(C)c6c([2H])c([2H])c([2H])c([2H])c65)c([2H])c(c31)N2c1c(C)c([2H])c([2H])c([2H])c1C)C(C)(C)CCC4(C)C. The van der Waals surface area contributed by atoms with Crippen molar-refractivity contribution in [3.63, 3.8) is 0 Å². The summed E-state index contributed by atoms with van der Waals surface area (Å²) in [7, 11) is 0. The third-order valence-electron chi connectivity index (χ3n) is 15.6. The first-order chi connectivity index (χ1) is 43.2. The highest BCUT2D eigenvalue weighted by molar-refractivity contribution is 6.98. The lowest BCUT2D eigenvalue weighted by molar-refractivity contribution is 0.280. The second-order valence-corrected chi connectivity index (χ2v) is 21.4. The highest BCUT2D eigenvalue weighted by Crippen LogP contribution is 2.58. The van der Waals surface area contributed by atoms with Crippen LogP contribution in [0, 0.1) is 13.8 Å². The van der Waals surface area contributed by atoms with Crippen LogP contribution >= 0.6 is 0 Å². The van der Waals surface area contributed by atoms with Crippen molar-refractivity contribution in [2.45, 2.75) is 104 Å². The van der Waals surface area contributed by atoms with Gasteiger partial charge in [0.25, 0.3) is 0 Å². The Morgan fingerprint density at radius 3 is 1.94 bits per heavy atom. The zero-order valence-corrected chi connectivity index (χ0v) is 40.2. The van der Waals surface area contributed by atoms with Crippen LogP contribution in [0.25, 0.3) is 27.8 Å². The van der Waals surface area contributed by atoms with E-state index in [1.165, 1.54) is 29.4 Å². The van der Waals surface area contributed by atoms with E-state index in [9.17, 15) is 21.9 Å². The summed E-state index contributed by atoms with van der Waals surface area (Å²) in [6.07, 6.45) is 1.22. The minimum Gasteiger partial charge on any atom is -0.470 e. The second-order valence-electron chi connectivity index (χ2n) is 21.4. The number of anilines is 6. The molecule has 9 aromatic rings. The van der Waals surface area contributed by atoms with Gasteiger partial charge in [-0.05, 0) is 107 Å². The van der Waals surface area contributed by atoms with Gasteiger partial charge in [-0.2, -0.15) is 0 Å². The standard InChI is InChI=1S/C64H58BN3O2/c1-37-20-19-21-38(2)56(37)68-50-34-39(67-47-27-16-12-23-42(47)53-57(67)41-22-11-13-24-43(41)64(53,9)10)30-31-46(50)65-55-51(68)35-40(66-48-28-17-14-25-44(48)63(7,8)45-26-15-18-29-49(45)66)36-52(55)69-58-54-59(70-60(58)65)62(5,6)33-32-61(54,3)4/h11-31,34-36H,32-33H2,1-10H3/i11D,12D,13D,14D,15D,16D,17D,18D,19D,20D,21D,22D,23D,24D,25D,26D,27D,28D,29D,30D,31D,35D,36D. The summed E-state index contributed by atoms with van der Waals surface area (Å²) in [5.41, 5.74) is -6.06. The number of hydrogen-bond donors (Lipinski definition) is 0. The molecule has 5 aliphatic rings. The first kappa shape index (κ1) is 24.6. The van der Waals surface area contributed by atoms with Crippen LogP contribution < -0.4 is 31.1 Å². The molecule has 0 radical (unpaired) electrons. The Morgan fingerprint density at radius 1 is 0.571 bits per heavy atom. The molecule has 2 aromatic heterocycles. The minimum absolute atomic E-state index is 0.0290. The van der Waals surface area contributed by atoms with Crippen molar-refractivity contribution >= 4 is 68.3 Å². The van der Waals surface area contributed by atoms with Crippen LogP contribution in [0.5, 0.6) is 11.5 Å².